The number of halogens is 1. The van der Waals surface area contributed by atoms with Gasteiger partial charge in [-0.15, -0.1) is 0 Å². The smallest absolute Gasteiger partial charge is 0.251 e. The Hall–Kier alpha value is -1.26. The number of benzene rings is 1. The molecule has 82 valence electrons. The van der Waals surface area contributed by atoms with Gasteiger partial charge in [0.2, 0.25) is 0 Å². The zero-order valence-corrected chi connectivity index (χ0v) is 9.05. The van der Waals surface area contributed by atoms with Crippen molar-refractivity contribution in [3.63, 3.8) is 0 Å². The highest BCUT2D eigenvalue weighted by Crippen LogP contribution is 2.16. The number of carbonyl (C=O) groups is 1. The maximum atomic E-state index is 11.6. The summed E-state index contributed by atoms with van der Waals surface area (Å²) < 4.78 is 0. The number of anilines is 1. The fourth-order valence-corrected chi connectivity index (χ4v) is 1.39. The van der Waals surface area contributed by atoms with Gasteiger partial charge >= 0.3 is 0 Å². The average Bonchev–Trinajstić information content (AvgIpc) is 2.16. The predicted molar refractivity (Wildman–Crippen MR) is 61.9 cm³/mol. The molecule has 0 atom stereocenters. The minimum atomic E-state index is -0.183. The summed E-state index contributed by atoms with van der Waals surface area (Å²) in [5, 5.41) is 3.18. The van der Waals surface area contributed by atoms with Gasteiger partial charge in [-0.3, -0.25) is 4.79 Å². The van der Waals surface area contributed by atoms with Crippen LogP contribution in [0.15, 0.2) is 18.2 Å². The Bertz CT molecular complexity index is 334. The van der Waals surface area contributed by atoms with Gasteiger partial charge < -0.3 is 16.8 Å². The van der Waals surface area contributed by atoms with E-state index >= 15 is 0 Å². The molecule has 1 rings (SSSR count). The van der Waals surface area contributed by atoms with Crippen LogP contribution in [0.3, 0.4) is 0 Å². The van der Waals surface area contributed by atoms with Crippen LogP contribution >= 0.6 is 11.6 Å². The van der Waals surface area contributed by atoms with E-state index in [1.807, 2.05) is 0 Å². The Balaban J connectivity index is 2.65. The van der Waals surface area contributed by atoms with Gasteiger partial charge in [-0.05, 0) is 31.2 Å². The van der Waals surface area contributed by atoms with Crippen molar-refractivity contribution in [2.24, 2.45) is 5.73 Å². The lowest BCUT2D eigenvalue weighted by molar-refractivity contribution is 0.0953. The molecule has 0 saturated carbocycles. The fourth-order valence-electron chi connectivity index (χ4n) is 1.15. The van der Waals surface area contributed by atoms with Crippen molar-refractivity contribution in [1.29, 1.82) is 0 Å². The van der Waals surface area contributed by atoms with E-state index in [0.29, 0.717) is 29.4 Å². The van der Waals surface area contributed by atoms with Crippen molar-refractivity contribution in [3.05, 3.63) is 28.8 Å². The monoisotopic (exact) mass is 227 g/mol. The molecule has 15 heavy (non-hydrogen) atoms. The van der Waals surface area contributed by atoms with E-state index < -0.39 is 0 Å². The highest BCUT2D eigenvalue weighted by atomic mass is 35.5. The van der Waals surface area contributed by atoms with Gasteiger partial charge in [0.15, 0.2) is 0 Å². The Labute approximate surface area is 93.6 Å². The summed E-state index contributed by atoms with van der Waals surface area (Å²) in [6.07, 6.45) is 0.752. The molecule has 1 aromatic carbocycles. The molecular formula is C10H14ClN3O. The standard InChI is InChI=1S/C10H14ClN3O/c11-8-4-7(5-9(13)6-8)10(15)14-3-1-2-12/h4-6H,1-3,12-13H2,(H,14,15). The molecule has 0 aliphatic rings. The summed E-state index contributed by atoms with van der Waals surface area (Å²) in [5.74, 6) is -0.183. The lowest BCUT2D eigenvalue weighted by atomic mass is 10.2. The first-order chi connectivity index (χ1) is 7.13. The minimum absolute atomic E-state index is 0.183. The molecule has 0 radical (unpaired) electrons. The van der Waals surface area contributed by atoms with Crippen LogP contribution in [-0.2, 0) is 0 Å². The second kappa shape index (κ2) is 5.58. The molecule has 1 aromatic rings. The number of hydrogen-bond acceptors (Lipinski definition) is 3. The molecule has 0 heterocycles. The van der Waals surface area contributed by atoms with Crippen LogP contribution < -0.4 is 16.8 Å². The molecule has 0 saturated heterocycles. The quantitative estimate of drug-likeness (QED) is 0.530. The summed E-state index contributed by atoms with van der Waals surface area (Å²) in [6, 6.07) is 4.76. The van der Waals surface area contributed by atoms with E-state index in [1.54, 1.807) is 18.2 Å². The van der Waals surface area contributed by atoms with E-state index in [2.05, 4.69) is 5.32 Å². The van der Waals surface area contributed by atoms with Crippen molar-refractivity contribution in [2.45, 2.75) is 6.42 Å². The fraction of sp³-hybridized carbons (Fsp3) is 0.300. The second-order valence-electron chi connectivity index (χ2n) is 3.17. The van der Waals surface area contributed by atoms with Crippen LogP contribution in [0.4, 0.5) is 5.69 Å². The zero-order chi connectivity index (χ0) is 11.3. The van der Waals surface area contributed by atoms with Crippen molar-refractivity contribution in [1.82, 2.24) is 5.32 Å². The minimum Gasteiger partial charge on any atom is -0.399 e. The first kappa shape index (κ1) is 11.8. The number of rotatable bonds is 4. The maximum Gasteiger partial charge on any atom is 0.251 e. The van der Waals surface area contributed by atoms with Gasteiger partial charge in [0, 0.05) is 22.8 Å². The summed E-state index contributed by atoms with van der Waals surface area (Å²) >= 11 is 5.78. The third kappa shape index (κ3) is 3.77. The number of amides is 1. The number of nitrogens with two attached hydrogens (primary N) is 2. The molecule has 0 unspecified atom stereocenters. The first-order valence-corrected chi connectivity index (χ1v) is 5.05. The van der Waals surface area contributed by atoms with Crippen molar-refractivity contribution < 1.29 is 4.79 Å². The second-order valence-corrected chi connectivity index (χ2v) is 3.61. The molecule has 5 N–H and O–H groups in total. The van der Waals surface area contributed by atoms with Crippen molar-refractivity contribution in [3.8, 4) is 0 Å². The SMILES string of the molecule is NCCCNC(=O)c1cc(N)cc(Cl)c1. The van der Waals surface area contributed by atoms with Gasteiger partial charge in [0.05, 0.1) is 0 Å². The zero-order valence-electron chi connectivity index (χ0n) is 8.29. The van der Waals surface area contributed by atoms with E-state index in [0.717, 1.165) is 6.42 Å². The van der Waals surface area contributed by atoms with E-state index in [4.69, 9.17) is 23.1 Å². The summed E-state index contributed by atoms with van der Waals surface area (Å²) in [6.45, 7) is 1.11. The van der Waals surface area contributed by atoms with Gasteiger partial charge in [-0.25, -0.2) is 0 Å². The molecule has 0 bridgehead atoms. The van der Waals surface area contributed by atoms with Crippen LogP contribution in [0.25, 0.3) is 0 Å². The van der Waals surface area contributed by atoms with Crippen LogP contribution in [0, 0.1) is 0 Å². The summed E-state index contributed by atoms with van der Waals surface area (Å²) in [5.41, 5.74) is 11.8. The number of nitrogen functional groups attached to an aromatic ring is 1. The Morgan fingerprint density at radius 1 is 1.40 bits per heavy atom. The van der Waals surface area contributed by atoms with Crippen LogP contribution in [-0.4, -0.2) is 19.0 Å². The molecule has 1 amide bonds. The third-order valence-electron chi connectivity index (χ3n) is 1.85. The third-order valence-corrected chi connectivity index (χ3v) is 2.07. The molecule has 0 spiro atoms. The highest BCUT2D eigenvalue weighted by molar-refractivity contribution is 6.31. The van der Waals surface area contributed by atoms with Gasteiger partial charge in [-0.1, -0.05) is 11.6 Å². The van der Waals surface area contributed by atoms with E-state index in [1.165, 1.54) is 0 Å². The number of carbonyl (C=O) groups excluding carboxylic acids is 1. The summed E-state index contributed by atoms with van der Waals surface area (Å²) in [4.78, 5) is 11.6. The van der Waals surface area contributed by atoms with E-state index in [9.17, 15) is 4.79 Å². The Morgan fingerprint density at radius 2 is 2.13 bits per heavy atom. The predicted octanol–water partition coefficient (Wildman–Crippen LogP) is 1.00. The van der Waals surface area contributed by atoms with Gasteiger partial charge in [-0.2, -0.15) is 0 Å². The average molecular weight is 228 g/mol. The maximum absolute atomic E-state index is 11.6. The van der Waals surface area contributed by atoms with Gasteiger partial charge in [0.1, 0.15) is 0 Å². The van der Waals surface area contributed by atoms with E-state index in [-0.39, 0.29) is 5.91 Å². The Kier molecular flexibility index (Phi) is 4.39. The first-order valence-electron chi connectivity index (χ1n) is 4.68. The van der Waals surface area contributed by atoms with Crippen molar-refractivity contribution >= 4 is 23.2 Å². The largest absolute Gasteiger partial charge is 0.399 e. The van der Waals surface area contributed by atoms with Crippen molar-refractivity contribution in [2.75, 3.05) is 18.8 Å². The Morgan fingerprint density at radius 3 is 2.73 bits per heavy atom. The highest BCUT2D eigenvalue weighted by Gasteiger charge is 2.06. The molecule has 0 aliphatic heterocycles. The topological polar surface area (TPSA) is 81.1 Å². The van der Waals surface area contributed by atoms with Crippen LogP contribution in [0.1, 0.15) is 16.8 Å². The molecular weight excluding hydrogens is 214 g/mol. The molecule has 0 fully saturated rings. The number of hydrogen-bond donors (Lipinski definition) is 3. The lowest BCUT2D eigenvalue weighted by Crippen LogP contribution is -2.26. The lowest BCUT2D eigenvalue weighted by Gasteiger charge is -2.05. The molecule has 4 nitrogen and oxygen atoms in total. The summed E-state index contributed by atoms with van der Waals surface area (Å²) in [7, 11) is 0. The normalized spacial score (nSPS) is 10.0. The molecule has 0 aliphatic carbocycles. The van der Waals surface area contributed by atoms with Crippen LogP contribution in [0.2, 0.25) is 5.02 Å². The van der Waals surface area contributed by atoms with Crippen LogP contribution in [0.5, 0.6) is 0 Å². The molecule has 5 heteroatoms. The number of nitrogens with one attached hydrogen (secondary N) is 1. The molecule has 0 aromatic heterocycles. The van der Waals surface area contributed by atoms with Gasteiger partial charge in [0.25, 0.3) is 5.91 Å².